The molecule has 8 heteroatoms. The molecule has 6 nitrogen and oxygen atoms in total. The highest BCUT2D eigenvalue weighted by Gasteiger charge is 2.35. The molecular formula is C19H18ClFN2O4. The average Bonchev–Trinajstić information content (AvgIpc) is 2.67. The van der Waals surface area contributed by atoms with Gasteiger partial charge in [0.25, 0.3) is 11.6 Å². The number of amides is 1. The largest absolute Gasteiger partial charge is 0.381 e. The van der Waals surface area contributed by atoms with Crippen LogP contribution in [0.2, 0.25) is 5.02 Å². The van der Waals surface area contributed by atoms with E-state index in [2.05, 4.69) is 5.32 Å². The second-order valence-corrected chi connectivity index (χ2v) is 6.94. The summed E-state index contributed by atoms with van der Waals surface area (Å²) in [6.07, 6.45) is 1.30. The lowest BCUT2D eigenvalue weighted by Gasteiger charge is -2.38. The summed E-state index contributed by atoms with van der Waals surface area (Å²) in [4.78, 5) is 23.2. The molecule has 27 heavy (non-hydrogen) atoms. The lowest BCUT2D eigenvalue weighted by Crippen LogP contribution is -2.44. The predicted octanol–water partition coefficient (Wildman–Crippen LogP) is 3.87. The standard InChI is InChI=1S/C19H18ClFN2O4/c20-14-3-6-17(23(25)26)16(11-14)18(24)22-12-19(7-9-27-10-8-19)13-1-4-15(21)5-2-13/h1-6,11H,7-10,12H2,(H,22,24). The molecule has 0 radical (unpaired) electrons. The second kappa shape index (κ2) is 8.02. The average molecular weight is 393 g/mol. The normalized spacial score (nSPS) is 15.9. The fraction of sp³-hybridized carbons (Fsp3) is 0.316. The maximum absolute atomic E-state index is 13.3. The summed E-state index contributed by atoms with van der Waals surface area (Å²) in [5.74, 6) is -0.906. The van der Waals surface area contributed by atoms with E-state index in [0.29, 0.717) is 26.1 Å². The molecule has 0 bridgehead atoms. The zero-order valence-corrected chi connectivity index (χ0v) is 15.2. The van der Waals surface area contributed by atoms with Crippen LogP contribution in [0.4, 0.5) is 10.1 Å². The van der Waals surface area contributed by atoms with Crippen molar-refractivity contribution in [1.29, 1.82) is 0 Å². The first-order chi connectivity index (χ1) is 12.9. The molecule has 1 aliphatic rings. The molecule has 0 aliphatic carbocycles. The first kappa shape index (κ1) is 19.3. The smallest absolute Gasteiger partial charge is 0.282 e. The van der Waals surface area contributed by atoms with Crippen LogP contribution in [0.1, 0.15) is 28.8 Å². The Morgan fingerprint density at radius 1 is 1.22 bits per heavy atom. The van der Waals surface area contributed by atoms with Gasteiger partial charge in [-0.2, -0.15) is 0 Å². The molecule has 1 aliphatic heterocycles. The minimum absolute atomic E-state index is 0.0891. The molecule has 0 saturated carbocycles. The molecule has 1 fully saturated rings. The highest BCUT2D eigenvalue weighted by Crippen LogP contribution is 2.34. The van der Waals surface area contributed by atoms with Crippen molar-refractivity contribution in [3.05, 3.63) is 74.5 Å². The number of hydrogen-bond donors (Lipinski definition) is 1. The predicted molar refractivity (Wildman–Crippen MR) is 98.6 cm³/mol. The van der Waals surface area contributed by atoms with Crippen molar-refractivity contribution < 1.29 is 18.8 Å². The van der Waals surface area contributed by atoms with Gasteiger partial charge in [-0.25, -0.2) is 4.39 Å². The topological polar surface area (TPSA) is 81.5 Å². The zero-order chi connectivity index (χ0) is 19.4. The number of nitrogens with one attached hydrogen (secondary N) is 1. The number of nitrogens with zero attached hydrogens (tertiary/aromatic N) is 1. The molecule has 0 aromatic heterocycles. The van der Waals surface area contributed by atoms with Crippen LogP contribution in [0.15, 0.2) is 42.5 Å². The SMILES string of the molecule is O=C(NCC1(c2ccc(F)cc2)CCOCC1)c1cc(Cl)ccc1[N+](=O)[O-]. The molecule has 142 valence electrons. The quantitative estimate of drug-likeness (QED) is 0.618. The van der Waals surface area contributed by atoms with Crippen molar-refractivity contribution >= 4 is 23.2 Å². The van der Waals surface area contributed by atoms with E-state index in [1.165, 1.54) is 30.3 Å². The summed E-state index contributed by atoms with van der Waals surface area (Å²) in [6, 6.07) is 10.0. The molecule has 3 rings (SSSR count). The minimum atomic E-state index is -0.616. The Kier molecular flexibility index (Phi) is 5.72. The number of halogens is 2. The fourth-order valence-electron chi connectivity index (χ4n) is 3.33. The highest BCUT2D eigenvalue weighted by atomic mass is 35.5. The summed E-state index contributed by atoms with van der Waals surface area (Å²) in [5.41, 5.74) is 0.0798. The number of hydrogen-bond acceptors (Lipinski definition) is 4. The Balaban J connectivity index is 1.84. The summed E-state index contributed by atoms with van der Waals surface area (Å²) in [6.45, 7) is 1.29. The van der Waals surface area contributed by atoms with Gasteiger partial charge in [-0.05, 0) is 42.7 Å². The summed E-state index contributed by atoms with van der Waals surface area (Å²) < 4.78 is 18.7. The molecular weight excluding hydrogens is 375 g/mol. The molecule has 2 aromatic carbocycles. The lowest BCUT2D eigenvalue weighted by molar-refractivity contribution is -0.385. The summed E-state index contributed by atoms with van der Waals surface area (Å²) >= 11 is 5.90. The molecule has 0 atom stereocenters. The van der Waals surface area contributed by atoms with E-state index in [1.807, 2.05) is 0 Å². The van der Waals surface area contributed by atoms with Crippen molar-refractivity contribution in [3.63, 3.8) is 0 Å². The van der Waals surface area contributed by atoms with Crippen molar-refractivity contribution in [2.45, 2.75) is 18.3 Å². The van der Waals surface area contributed by atoms with E-state index in [1.54, 1.807) is 12.1 Å². The molecule has 2 aromatic rings. The highest BCUT2D eigenvalue weighted by molar-refractivity contribution is 6.31. The molecule has 0 unspecified atom stereocenters. The van der Waals surface area contributed by atoms with E-state index in [-0.39, 0.29) is 28.6 Å². The monoisotopic (exact) mass is 392 g/mol. The molecule has 1 saturated heterocycles. The number of nitro benzene ring substituents is 1. The summed E-state index contributed by atoms with van der Waals surface area (Å²) in [7, 11) is 0. The number of carbonyl (C=O) groups excluding carboxylic acids is 1. The molecule has 1 amide bonds. The van der Waals surface area contributed by atoms with Crippen LogP contribution in [0.5, 0.6) is 0 Å². The van der Waals surface area contributed by atoms with E-state index in [4.69, 9.17) is 16.3 Å². The van der Waals surface area contributed by atoms with E-state index >= 15 is 0 Å². The number of nitro groups is 1. The van der Waals surface area contributed by atoms with Crippen LogP contribution >= 0.6 is 11.6 Å². The van der Waals surface area contributed by atoms with Gasteiger partial charge in [-0.15, -0.1) is 0 Å². The first-order valence-corrected chi connectivity index (χ1v) is 8.85. The van der Waals surface area contributed by atoms with Crippen LogP contribution in [0, 0.1) is 15.9 Å². The van der Waals surface area contributed by atoms with Gasteiger partial charge in [-0.3, -0.25) is 14.9 Å². The van der Waals surface area contributed by atoms with Crippen molar-refractivity contribution in [1.82, 2.24) is 5.32 Å². The van der Waals surface area contributed by atoms with Gasteiger partial charge in [-0.1, -0.05) is 23.7 Å². The molecule has 1 N–H and O–H groups in total. The van der Waals surface area contributed by atoms with Crippen molar-refractivity contribution in [2.24, 2.45) is 0 Å². The maximum Gasteiger partial charge on any atom is 0.282 e. The van der Waals surface area contributed by atoms with Gasteiger partial charge in [0.1, 0.15) is 11.4 Å². The van der Waals surface area contributed by atoms with Gasteiger partial charge in [0, 0.05) is 36.3 Å². The Bertz CT molecular complexity index is 851. The van der Waals surface area contributed by atoms with Crippen LogP contribution in [0.25, 0.3) is 0 Å². The Labute approximate surface area is 160 Å². The van der Waals surface area contributed by atoms with Gasteiger partial charge in [0.2, 0.25) is 0 Å². The maximum atomic E-state index is 13.3. The lowest BCUT2D eigenvalue weighted by atomic mass is 9.74. The van der Waals surface area contributed by atoms with Gasteiger partial charge >= 0.3 is 0 Å². The third kappa shape index (κ3) is 4.26. The number of benzene rings is 2. The van der Waals surface area contributed by atoms with Crippen LogP contribution in [-0.2, 0) is 10.2 Å². The third-order valence-corrected chi connectivity index (χ3v) is 5.13. The van der Waals surface area contributed by atoms with Crippen LogP contribution < -0.4 is 5.32 Å². The van der Waals surface area contributed by atoms with Gasteiger partial charge in [0.05, 0.1) is 4.92 Å². The van der Waals surface area contributed by atoms with Crippen molar-refractivity contribution in [2.75, 3.05) is 19.8 Å². The zero-order valence-electron chi connectivity index (χ0n) is 14.4. The first-order valence-electron chi connectivity index (χ1n) is 8.47. The minimum Gasteiger partial charge on any atom is -0.381 e. The Morgan fingerprint density at radius 3 is 2.52 bits per heavy atom. The van der Waals surface area contributed by atoms with Gasteiger partial charge in [0.15, 0.2) is 0 Å². The Hall–Kier alpha value is -2.51. The fourth-order valence-corrected chi connectivity index (χ4v) is 3.50. The number of rotatable bonds is 5. The molecule has 1 heterocycles. The second-order valence-electron chi connectivity index (χ2n) is 6.50. The Morgan fingerprint density at radius 2 is 1.89 bits per heavy atom. The van der Waals surface area contributed by atoms with E-state index in [9.17, 15) is 19.3 Å². The number of ether oxygens (including phenoxy) is 1. The number of carbonyl (C=O) groups is 1. The van der Waals surface area contributed by atoms with Crippen LogP contribution in [-0.4, -0.2) is 30.6 Å². The van der Waals surface area contributed by atoms with E-state index < -0.39 is 16.2 Å². The molecule has 0 spiro atoms. The third-order valence-electron chi connectivity index (χ3n) is 4.89. The van der Waals surface area contributed by atoms with Crippen LogP contribution in [0.3, 0.4) is 0 Å². The van der Waals surface area contributed by atoms with Crippen molar-refractivity contribution in [3.8, 4) is 0 Å². The van der Waals surface area contributed by atoms with Gasteiger partial charge < -0.3 is 10.1 Å². The van der Waals surface area contributed by atoms with E-state index in [0.717, 1.165) is 5.56 Å². The summed E-state index contributed by atoms with van der Waals surface area (Å²) in [5, 5.41) is 14.2.